The fourth-order valence-electron chi connectivity index (χ4n) is 2.90. The van der Waals surface area contributed by atoms with E-state index in [1.165, 1.54) is 49.6 Å². The van der Waals surface area contributed by atoms with Crippen molar-refractivity contribution in [2.75, 3.05) is 23.8 Å². The Morgan fingerprint density at radius 2 is 1.64 bits per heavy atom. The maximum atomic E-state index is 13.0. The number of hydrogen-bond donors (Lipinski definition) is 2. The molecule has 172 valence electrons. The molecule has 0 aromatic heterocycles. The number of nitrogens with zero attached hydrogens (tertiary/aromatic N) is 1. The van der Waals surface area contributed by atoms with Crippen LogP contribution in [0.3, 0.4) is 0 Å². The minimum atomic E-state index is -4.06. The first kappa shape index (κ1) is 23.5. The summed E-state index contributed by atoms with van der Waals surface area (Å²) in [6, 6.07) is 15.6. The highest BCUT2D eigenvalue weighted by Gasteiger charge is 2.21. The van der Waals surface area contributed by atoms with E-state index in [9.17, 15) is 23.3 Å². The van der Waals surface area contributed by atoms with Gasteiger partial charge in [0.2, 0.25) is 0 Å². The smallest absolute Gasteiger partial charge is 0.269 e. The van der Waals surface area contributed by atoms with Crippen LogP contribution in [0.2, 0.25) is 0 Å². The Labute approximate surface area is 190 Å². The van der Waals surface area contributed by atoms with Crippen molar-refractivity contribution in [3.05, 3.63) is 82.4 Å². The van der Waals surface area contributed by atoms with E-state index in [-0.39, 0.29) is 27.6 Å². The number of carbonyl (C=O) groups is 1. The SMILES string of the molecule is CCOc1ccc(NS(=O)(=O)c2cc(NC(=O)c3ccc([N+](=O)[O-])cc3)ccc2OC)cc1. The summed E-state index contributed by atoms with van der Waals surface area (Å²) in [7, 11) is -2.73. The van der Waals surface area contributed by atoms with Crippen LogP contribution in [-0.2, 0) is 10.0 Å². The van der Waals surface area contributed by atoms with E-state index in [1.807, 2.05) is 6.92 Å². The molecule has 33 heavy (non-hydrogen) atoms. The van der Waals surface area contributed by atoms with Crippen LogP contribution in [-0.4, -0.2) is 33.0 Å². The number of sulfonamides is 1. The second-order valence-electron chi connectivity index (χ2n) is 6.69. The first-order valence-electron chi connectivity index (χ1n) is 9.73. The highest BCUT2D eigenvalue weighted by Crippen LogP contribution is 2.29. The largest absolute Gasteiger partial charge is 0.495 e. The number of carbonyl (C=O) groups excluding carboxylic acids is 1. The quantitative estimate of drug-likeness (QED) is 0.355. The van der Waals surface area contributed by atoms with E-state index in [1.54, 1.807) is 24.3 Å². The molecule has 1 amide bonds. The Bertz CT molecular complexity index is 1260. The number of benzene rings is 3. The van der Waals surface area contributed by atoms with E-state index < -0.39 is 20.9 Å². The Morgan fingerprint density at radius 3 is 2.21 bits per heavy atom. The van der Waals surface area contributed by atoms with Gasteiger partial charge in [-0.15, -0.1) is 0 Å². The Balaban J connectivity index is 1.83. The highest BCUT2D eigenvalue weighted by atomic mass is 32.2. The van der Waals surface area contributed by atoms with Gasteiger partial charge in [0.1, 0.15) is 16.4 Å². The van der Waals surface area contributed by atoms with Crippen LogP contribution in [0.1, 0.15) is 17.3 Å². The Kier molecular flexibility index (Phi) is 7.13. The lowest BCUT2D eigenvalue weighted by atomic mass is 10.2. The van der Waals surface area contributed by atoms with Crippen molar-refractivity contribution in [2.24, 2.45) is 0 Å². The van der Waals surface area contributed by atoms with Crippen LogP contribution in [0.15, 0.2) is 71.6 Å². The summed E-state index contributed by atoms with van der Waals surface area (Å²) in [4.78, 5) is 22.5. The number of ether oxygens (including phenoxy) is 2. The molecule has 3 aromatic rings. The average molecular weight is 471 g/mol. The number of non-ortho nitro benzene ring substituents is 1. The Hall–Kier alpha value is -4.12. The lowest BCUT2D eigenvalue weighted by molar-refractivity contribution is -0.384. The maximum Gasteiger partial charge on any atom is 0.269 e. The third-order valence-corrected chi connectivity index (χ3v) is 5.87. The Morgan fingerprint density at radius 1 is 1.00 bits per heavy atom. The molecule has 3 rings (SSSR count). The van der Waals surface area contributed by atoms with E-state index in [0.29, 0.717) is 18.0 Å². The normalized spacial score (nSPS) is 10.8. The second-order valence-corrected chi connectivity index (χ2v) is 8.34. The number of nitro benzene ring substituents is 1. The summed E-state index contributed by atoms with van der Waals surface area (Å²) in [6.45, 7) is 2.33. The molecule has 3 aromatic carbocycles. The third kappa shape index (κ3) is 5.77. The van der Waals surface area contributed by atoms with Crippen LogP contribution in [0.4, 0.5) is 17.1 Å². The van der Waals surface area contributed by atoms with Crippen LogP contribution in [0.25, 0.3) is 0 Å². The minimum Gasteiger partial charge on any atom is -0.495 e. The molecular formula is C22H21N3O7S. The summed E-state index contributed by atoms with van der Waals surface area (Å²) in [5.41, 5.74) is 0.546. The first-order valence-corrected chi connectivity index (χ1v) is 11.2. The number of nitro groups is 1. The van der Waals surface area contributed by atoms with Crippen molar-refractivity contribution in [3.63, 3.8) is 0 Å². The highest BCUT2D eigenvalue weighted by molar-refractivity contribution is 7.92. The third-order valence-electron chi connectivity index (χ3n) is 4.47. The zero-order valence-corrected chi connectivity index (χ0v) is 18.6. The van der Waals surface area contributed by atoms with Gasteiger partial charge in [-0.05, 0) is 61.5 Å². The lowest BCUT2D eigenvalue weighted by Crippen LogP contribution is -2.16. The van der Waals surface area contributed by atoms with Gasteiger partial charge in [-0.3, -0.25) is 19.6 Å². The molecule has 0 bridgehead atoms. The van der Waals surface area contributed by atoms with Crippen LogP contribution in [0.5, 0.6) is 11.5 Å². The molecule has 0 aliphatic heterocycles. The van der Waals surface area contributed by atoms with Crippen LogP contribution in [0, 0.1) is 10.1 Å². The zero-order valence-electron chi connectivity index (χ0n) is 17.8. The van der Waals surface area contributed by atoms with Crippen molar-refractivity contribution in [3.8, 4) is 11.5 Å². The van der Waals surface area contributed by atoms with Gasteiger partial charge in [-0.1, -0.05) is 0 Å². The zero-order chi connectivity index (χ0) is 24.0. The molecule has 0 spiro atoms. The number of anilines is 2. The molecule has 0 saturated carbocycles. The van der Waals surface area contributed by atoms with Crippen molar-refractivity contribution in [1.82, 2.24) is 0 Å². The molecule has 2 N–H and O–H groups in total. The topological polar surface area (TPSA) is 137 Å². The van der Waals surface area contributed by atoms with E-state index in [2.05, 4.69) is 10.0 Å². The predicted molar refractivity (Wildman–Crippen MR) is 122 cm³/mol. The number of nitrogens with one attached hydrogen (secondary N) is 2. The van der Waals surface area contributed by atoms with Crippen LogP contribution >= 0.6 is 0 Å². The minimum absolute atomic E-state index is 0.0850. The number of methoxy groups -OCH3 is 1. The van der Waals surface area contributed by atoms with E-state index in [0.717, 1.165) is 0 Å². The van der Waals surface area contributed by atoms with Gasteiger partial charge >= 0.3 is 0 Å². The molecule has 10 nitrogen and oxygen atoms in total. The van der Waals surface area contributed by atoms with Gasteiger partial charge in [0.25, 0.3) is 21.6 Å². The van der Waals surface area contributed by atoms with Crippen molar-refractivity contribution in [1.29, 1.82) is 0 Å². The standard InChI is InChI=1S/C22H21N3O7S/c1-3-32-19-11-6-16(7-12-19)24-33(29,30)21-14-17(8-13-20(21)31-2)23-22(26)15-4-9-18(10-5-15)25(27)28/h4-14,24H,3H2,1-2H3,(H,23,26). The molecule has 0 aliphatic rings. The van der Waals surface area contributed by atoms with Gasteiger partial charge in [-0.2, -0.15) is 0 Å². The second kappa shape index (κ2) is 10.0. The van der Waals surface area contributed by atoms with Crippen LogP contribution < -0.4 is 19.5 Å². The van der Waals surface area contributed by atoms with Crippen molar-refractivity contribution < 1.29 is 27.6 Å². The van der Waals surface area contributed by atoms with Crippen molar-refractivity contribution in [2.45, 2.75) is 11.8 Å². The molecule has 0 unspecified atom stereocenters. The van der Waals surface area contributed by atoms with Gasteiger partial charge < -0.3 is 14.8 Å². The number of amides is 1. The molecule has 0 saturated heterocycles. The number of hydrogen-bond acceptors (Lipinski definition) is 7. The van der Waals surface area contributed by atoms with Gasteiger partial charge in [0, 0.05) is 29.1 Å². The predicted octanol–water partition coefficient (Wildman–Crippen LogP) is 4.06. The number of rotatable bonds is 9. The lowest BCUT2D eigenvalue weighted by Gasteiger charge is -2.14. The molecule has 0 heterocycles. The molecule has 0 aliphatic carbocycles. The van der Waals surface area contributed by atoms with Gasteiger partial charge in [-0.25, -0.2) is 8.42 Å². The maximum absolute atomic E-state index is 13.0. The molecule has 0 fully saturated rings. The summed E-state index contributed by atoms with van der Waals surface area (Å²) < 4.78 is 39.0. The summed E-state index contributed by atoms with van der Waals surface area (Å²) in [5, 5.41) is 13.3. The van der Waals surface area contributed by atoms with Gasteiger partial charge in [0.05, 0.1) is 18.6 Å². The fourth-order valence-corrected chi connectivity index (χ4v) is 4.15. The fraction of sp³-hybridized carbons (Fsp3) is 0.136. The average Bonchev–Trinajstić information content (AvgIpc) is 2.80. The van der Waals surface area contributed by atoms with Gasteiger partial charge in [0.15, 0.2) is 0 Å². The molecule has 0 radical (unpaired) electrons. The first-order chi connectivity index (χ1) is 15.7. The van der Waals surface area contributed by atoms with E-state index in [4.69, 9.17) is 9.47 Å². The van der Waals surface area contributed by atoms with Crippen molar-refractivity contribution >= 4 is 33.0 Å². The van der Waals surface area contributed by atoms with E-state index >= 15 is 0 Å². The monoisotopic (exact) mass is 471 g/mol. The summed E-state index contributed by atoms with van der Waals surface area (Å²) in [6.07, 6.45) is 0. The molecule has 11 heteroatoms. The molecule has 0 atom stereocenters. The summed E-state index contributed by atoms with van der Waals surface area (Å²) >= 11 is 0. The molecular weight excluding hydrogens is 450 g/mol. The summed E-state index contributed by atoms with van der Waals surface area (Å²) in [5.74, 6) is 0.133.